The van der Waals surface area contributed by atoms with Gasteiger partial charge in [0.25, 0.3) is 5.91 Å². The number of hydrogen-bond acceptors (Lipinski definition) is 6. The highest BCUT2D eigenvalue weighted by Crippen LogP contribution is 2.32. The number of amides is 2. The summed E-state index contributed by atoms with van der Waals surface area (Å²) in [4.78, 5) is 49.3. The lowest BCUT2D eigenvalue weighted by Crippen LogP contribution is -2.50. The maximum absolute atomic E-state index is 14.7. The second-order valence-electron chi connectivity index (χ2n) is 14.2. The fourth-order valence-electron chi connectivity index (χ4n) is 6.21. The number of fused-ring (bicyclic) bond motifs is 1. The molecule has 51 heavy (non-hydrogen) atoms. The van der Waals surface area contributed by atoms with Crippen LogP contribution in [0, 0.1) is 17.8 Å². The minimum atomic E-state index is -1.28. The molecule has 5 rings (SSSR count). The van der Waals surface area contributed by atoms with E-state index in [-0.39, 0.29) is 18.9 Å². The Morgan fingerprint density at radius 3 is 2.20 bits per heavy atom. The number of nitrogens with zero attached hydrogens (tertiary/aromatic N) is 2. The molecule has 1 N–H and O–H groups in total. The minimum Gasteiger partial charge on any atom is -0.460 e. The summed E-state index contributed by atoms with van der Waals surface area (Å²) < 4.78 is 11.9. The first-order chi connectivity index (χ1) is 24.4. The van der Waals surface area contributed by atoms with E-state index in [4.69, 9.17) is 14.5 Å². The number of esters is 1. The van der Waals surface area contributed by atoms with Gasteiger partial charge in [-0.25, -0.2) is 4.99 Å². The molecule has 264 valence electrons. The molecule has 0 radical (unpaired) electrons. The number of benzodiazepines with no additional fused rings is 1. The molecular weight excluding hydrogens is 638 g/mol. The number of aliphatic imine (C=N–C) groups is 1. The van der Waals surface area contributed by atoms with Crippen molar-refractivity contribution in [3.8, 4) is 11.5 Å². The standard InChI is InChI=1S/C43H47N3O5/c1-7-17-34(42(49)51-43(4,5)6)36(26-29(2)3)40(47)45-39-41(48)46(28-30-18-16-23-33(27-30)50-32-21-12-9-13-22-32)37-25-15-14-24-35(37)38(44-39)31-19-10-8-11-20-31/h7-16,18-25,27,29,34,36,39H,1,17,26,28H2,2-6H3,(H,45,47)/t34-,36?,39?/m0/s1. The number of allylic oxidation sites excluding steroid dienone is 1. The third kappa shape index (κ3) is 9.60. The van der Waals surface area contributed by atoms with Crippen molar-refractivity contribution in [1.82, 2.24) is 5.32 Å². The zero-order chi connectivity index (χ0) is 36.5. The van der Waals surface area contributed by atoms with E-state index in [0.717, 1.165) is 16.7 Å². The van der Waals surface area contributed by atoms with Gasteiger partial charge >= 0.3 is 5.97 Å². The van der Waals surface area contributed by atoms with Crippen LogP contribution in [0.1, 0.15) is 64.2 Å². The fourth-order valence-corrected chi connectivity index (χ4v) is 6.21. The van der Waals surface area contributed by atoms with Crippen LogP contribution in [0.4, 0.5) is 5.69 Å². The van der Waals surface area contributed by atoms with Crippen molar-refractivity contribution >= 4 is 29.2 Å². The van der Waals surface area contributed by atoms with Crippen molar-refractivity contribution in [2.24, 2.45) is 22.7 Å². The second-order valence-corrected chi connectivity index (χ2v) is 14.2. The number of hydrogen-bond donors (Lipinski definition) is 1. The number of carbonyl (C=O) groups is 3. The van der Waals surface area contributed by atoms with E-state index in [1.165, 1.54) is 0 Å². The Hall–Kier alpha value is -5.50. The molecule has 2 unspecified atom stereocenters. The first kappa shape index (κ1) is 36.8. The van der Waals surface area contributed by atoms with Crippen molar-refractivity contribution in [2.75, 3.05) is 4.90 Å². The topological polar surface area (TPSA) is 97.3 Å². The number of nitrogens with one attached hydrogen (secondary N) is 1. The molecule has 1 aliphatic rings. The van der Waals surface area contributed by atoms with Crippen LogP contribution in [-0.2, 0) is 25.7 Å². The lowest BCUT2D eigenvalue weighted by molar-refractivity contribution is -0.164. The summed E-state index contributed by atoms with van der Waals surface area (Å²) in [5, 5.41) is 2.98. The van der Waals surface area contributed by atoms with E-state index in [2.05, 4.69) is 11.9 Å². The highest BCUT2D eigenvalue weighted by molar-refractivity contribution is 6.20. The number of anilines is 1. The van der Waals surface area contributed by atoms with Crippen LogP contribution < -0.4 is 15.0 Å². The van der Waals surface area contributed by atoms with Crippen molar-refractivity contribution < 1.29 is 23.9 Å². The van der Waals surface area contributed by atoms with Gasteiger partial charge in [0.1, 0.15) is 17.1 Å². The van der Waals surface area contributed by atoms with Gasteiger partial charge in [0, 0.05) is 11.1 Å². The van der Waals surface area contributed by atoms with E-state index < -0.39 is 41.4 Å². The molecule has 8 heteroatoms. The van der Waals surface area contributed by atoms with Gasteiger partial charge in [-0.2, -0.15) is 0 Å². The lowest BCUT2D eigenvalue weighted by Gasteiger charge is -2.30. The Morgan fingerprint density at radius 1 is 0.882 bits per heavy atom. The van der Waals surface area contributed by atoms with Gasteiger partial charge in [-0.3, -0.25) is 14.4 Å². The molecule has 2 amide bonds. The number of carbonyl (C=O) groups excluding carboxylic acids is 3. The van der Waals surface area contributed by atoms with E-state index in [0.29, 0.717) is 29.3 Å². The maximum Gasteiger partial charge on any atom is 0.310 e. The average Bonchev–Trinajstić information content (AvgIpc) is 3.20. The van der Waals surface area contributed by atoms with E-state index in [1.807, 2.05) is 123 Å². The fraction of sp³-hybridized carbons (Fsp3) is 0.302. The maximum atomic E-state index is 14.7. The Kier molecular flexibility index (Phi) is 11.9. The van der Waals surface area contributed by atoms with Crippen molar-refractivity contribution in [1.29, 1.82) is 0 Å². The largest absolute Gasteiger partial charge is 0.460 e. The zero-order valence-corrected chi connectivity index (χ0v) is 30.0. The van der Waals surface area contributed by atoms with E-state index in [9.17, 15) is 14.4 Å². The summed E-state index contributed by atoms with van der Waals surface area (Å²) >= 11 is 0. The number of rotatable bonds is 13. The molecule has 1 heterocycles. The molecule has 0 bridgehead atoms. The molecule has 0 saturated heterocycles. The molecule has 8 nitrogen and oxygen atoms in total. The molecule has 4 aromatic rings. The number of benzene rings is 4. The predicted molar refractivity (Wildman–Crippen MR) is 202 cm³/mol. The van der Waals surface area contributed by atoms with Crippen molar-refractivity contribution in [3.63, 3.8) is 0 Å². The van der Waals surface area contributed by atoms with Gasteiger partial charge in [-0.15, -0.1) is 6.58 Å². The Bertz CT molecular complexity index is 1860. The van der Waals surface area contributed by atoms with Crippen LogP contribution in [-0.4, -0.2) is 35.3 Å². The molecule has 0 aromatic heterocycles. The first-order valence-electron chi connectivity index (χ1n) is 17.4. The normalized spacial score (nSPS) is 15.6. The Balaban J connectivity index is 1.54. The Labute approximate surface area is 301 Å². The highest BCUT2D eigenvalue weighted by Gasteiger charge is 2.39. The van der Waals surface area contributed by atoms with E-state index in [1.54, 1.807) is 31.7 Å². The third-order valence-electron chi connectivity index (χ3n) is 8.43. The first-order valence-corrected chi connectivity index (χ1v) is 17.4. The summed E-state index contributed by atoms with van der Waals surface area (Å²) in [6.45, 7) is 13.4. The van der Waals surface area contributed by atoms with Crippen LogP contribution in [0.15, 0.2) is 127 Å². The van der Waals surface area contributed by atoms with Gasteiger partial charge in [0.05, 0.1) is 29.8 Å². The van der Waals surface area contributed by atoms with Gasteiger partial charge in [0.15, 0.2) is 0 Å². The van der Waals surface area contributed by atoms with Gasteiger partial charge in [0.2, 0.25) is 12.1 Å². The molecular formula is C43H47N3O5. The van der Waals surface area contributed by atoms with Crippen LogP contribution >= 0.6 is 0 Å². The molecule has 1 aliphatic heterocycles. The van der Waals surface area contributed by atoms with Gasteiger partial charge in [-0.05, 0) is 75.4 Å². The molecule has 0 aliphatic carbocycles. The molecule has 4 aromatic carbocycles. The highest BCUT2D eigenvalue weighted by atomic mass is 16.6. The quantitative estimate of drug-likeness (QED) is 0.112. The van der Waals surface area contributed by atoms with Crippen LogP contribution in [0.2, 0.25) is 0 Å². The van der Waals surface area contributed by atoms with Crippen molar-refractivity contribution in [3.05, 3.63) is 139 Å². The third-order valence-corrected chi connectivity index (χ3v) is 8.43. The van der Waals surface area contributed by atoms with Crippen LogP contribution in [0.3, 0.4) is 0 Å². The molecule has 3 atom stereocenters. The second kappa shape index (κ2) is 16.5. The summed E-state index contributed by atoms with van der Waals surface area (Å²) in [7, 11) is 0. The zero-order valence-electron chi connectivity index (χ0n) is 30.0. The monoisotopic (exact) mass is 685 g/mol. The SMILES string of the molecule is C=CC[C@H](C(=O)OC(C)(C)C)C(CC(C)C)C(=O)NC1N=C(c2ccccc2)c2ccccc2N(Cc2cccc(Oc3ccccc3)c2)C1=O. The summed E-state index contributed by atoms with van der Waals surface area (Å²) in [5.41, 5.74) is 2.87. The van der Waals surface area contributed by atoms with E-state index >= 15 is 0 Å². The van der Waals surface area contributed by atoms with Gasteiger partial charge < -0.3 is 19.7 Å². The lowest BCUT2D eigenvalue weighted by atomic mass is 9.82. The predicted octanol–water partition coefficient (Wildman–Crippen LogP) is 8.50. The molecule has 0 fully saturated rings. The average molecular weight is 686 g/mol. The summed E-state index contributed by atoms with van der Waals surface area (Å²) in [6, 6.07) is 34.3. The summed E-state index contributed by atoms with van der Waals surface area (Å²) in [6.07, 6.45) is 1.00. The number of para-hydroxylation sites is 2. The molecule has 0 saturated carbocycles. The smallest absolute Gasteiger partial charge is 0.310 e. The van der Waals surface area contributed by atoms with Crippen LogP contribution in [0.5, 0.6) is 11.5 Å². The summed E-state index contributed by atoms with van der Waals surface area (Å²) in [5.74, 6) is -1.49. The minimum absolute atomic E-state index is 0.0786. The number of ether oxygens (including phenoxy) is 2. The molecule has 0 spiro atoms. The van der Waals surface area contributed by atoms with Gasteiger partial charge in [-0.1, -0.05) is 98.8 Å². The van der Waals surface area contributed by atoms with Crippen LogP contribution in [0.25, 0.3) is 0 Å². The van der Waals surface area contributed by atoms with Crippen molar-refractivity contribution in [2.45, 2.75) is 65.8 Å². The Morgan fingerprint density at radius 2 is 1.53 bits per heavy atom.